The third kappa shape index (κ3) is 3.14. The summed E-state index contributed by atoms with van der Waals surface area (Å²) in [5, 5.41) is 15.5. The summed E-state index contributed by atoms with van der Waals surface area (Å²) in [6.07, 6.45) is 3.73. The van der Waals surface area contributed by atoms with Gasteiger partial charge in [-0.3, -0.25) is 14.4 Å². The highest BCUT2D eigenvalue weighted by Crippen LogP contribution is 2.72. The first-order valence-electron chi connectivity index (χ1n) is 12.8. The maximum Gasteiger partial charge on any atom is 0.356 e. The van der Waals surface area contributed by atoms with Gasteiger partial charge in [0, 0.05) is 23.7 Å². The fourth-order valence-electron chi connectivity index (χ4n) is 8.12. The zero-order valence-corrected chi connectivity index (χ0v) is 21.4. The summed E-state index contributed by atoms with van der Waals surface area (Å²) in [4.78, 5) is 56.0. The summed E-state index contributed by atoms with van der Waals surface area (Å²) in [6, 6.07) is 0. The Kier molecular flexibility index (Phi) is 5.79. The lowest BCUT2D eigenvalue weighted by Crippen LogP contribution is -2.69. The molecule has 0 spiro atoms. The van der Waals surface area contributed by atoms with Crippen molar-refractivity contribution < 1.29 is 43.0 Å². The maximum atomic E-state index is 17.4. The Morgan fingerprint density at radius 3 is 2.65 bits per heavy atom. The van der Waals surface area contributed by atoms with E-state index in [9.17, 15) is 24.3 Å². The number of ether oxygens (including phenoxy) is 2. The molecule has 3 saturated carbocycles. The SMILES string of the molecule is CCOC(=O)C1=NO[C@]2(C(=O)COC(C)=O)[C@H]1CC1C3CCC4=CC(=O)C=C[C@]4(C)[C@@]3(F)[C@@H](O)C[C@@]12C. The molecule has 0 aromatic carbocycles. The van der Waals surface area contributed by atoms with Crippen LogP contribution in [0, 0.1) is 28.6 Å². The Bertz CT molecular complexity index is 1180. The van der Waals surface area contributed by atoms with Gasteiger partial charge in [0.15, 0.2) is 23.8 Å². The number of hydrogen-bond donors (Lipinski definition) is 1. The molecule has 1 heterocycles. The third-order valence-electron chi connectivity index (χ3n) is 9.78. The van der Waals surface area contributed by atoms with E-state index < -0.39 is 70.3 Å². The molecule has 0 amide bonds. The summed E-state index contributed by atoms with van der Waals surface area (Å²) in [5.74, 6) is -4.21. The highest BCUT2D eigenvalue weighted by atomic mass is 19.1. The molecule has 10 heteroatoms. The number of oxime groups is 1. The second kappa shape index (κ2) is 8.31. The van der Waals surface area contributed by atoms with Gasteiger partial charge in [-0.05, 0) is 57.6 Å². The van der Waals surface area contributed by atoms with Gasteiger partial charge < -0.3 is 19.4 Å². The van der Waals surface area contributed by atoms with Crippen LogP contribution in [0.4, 0.5) is 4.39 Å². The van der Waals surface area contributed by atoms with E-state index in [0.29, 0.717) is 18.4 Å². The first kappa shape index (κ1) is 25.8. The molecule has 0 radical (unpaired) electrons. The van der Waals surface area contributed by atoms with E-state index in [1.165, 1.54) is 19.1 Å². The van der Waals surface area contributed by atoms with Gasteiger partial charge in [-0.1, -0.05) is 23.7 Å². The smallest absolute Gasteiger partial charge is 0.356 e. The first-order valence-corrected chi connectivity index (χ1v) is 12.8. The van der Waals surface area contributed by atoms with E-state index in [1.807, 2.05) is 0 Å². The van der Waals surface area contributed by atoms with Gasteiger partial charge in [0.25, 0.3) is 0 Å². The number of aliphatic hydroxyl groups is 1. The molecular formula is C27H32FNO8. The van der Waals surface area contributed by atoms with E-state index in [4.69, 9.17) is 14.3 Å². The van der Waals surface area contributed by atoms with Gasteiger partial charge in [-0.25, -0.2) is 9.18 Å². The van der Waals surface area contributed by atoms with Gasteiger partial charge in [-0.15, -0.1) is 0 Å². The van der Waals surface area contributed by atoms with E-state index in [2.05, 4.69) is 5.16 Å². The molecule has 0 aromatic heterocycles. The fourth-order valence-corrected chi connectivity index (χ4v) is 8.12. The lowest BCUT2D eigenvalue weighted by molar-refractivity contribution is -0.225. The number of aliphatic hydroxyl groups excluding tert-OH is 1. The number of fused-ring (bicyclic) bond motifs is 7. The van der Waals surface area contributed by atoms with Crippen molar-refractivity contribution in [2.75, 3.05) is 13.2 Å². The van der Waals surface area contributed by atoms with Crippen molar-refractivity contribution in [3.8, 4) is 0 Å². The molecule has 0 saturated heterocycles. The van der Waals surface area contributed by atoms with Crippen LogP contribution in [0.2, 0.25) is 0 Å². The van der Waals surface area contributed by atoms with Gasteiger partial charge in [0.2, 0.25) is 11.4 Å². The highest BCUT2D eigenvalue weighted by Gasteiger charge is 2.80. The standard InChI is InChI=1S/C27H32FNO8/c1-5-35-23(34)22-19-11-18-17-7-6-15-10-16(31)8-9-24(15,3)26(17,28)20(32)12-25(18,4)27(19,37-29-22)21(33)13-36-14(2)30/h8-10,17-20,32H,5-7,11-13H2,1-4H3/t17?,18?,19-,20-,24-,25-,26-,27-/m0/s1. The lowest BCUT2D eigenvalue weighted by Gasteiger charge is -2.62. The zero-order chi connectivity index (χ0) is 27.0. The van der Waals surface area contributed by atoms with Crippen molar-refractivity contribution in [1.29, 1.82) is 0 Å². The molecular weight excluding hydrogens is 485 g/mol. The summed E-state index contributed by atoms with van der Waals surface area (Å²) in [7, 11) is 0. The summed E-state index contributed by atoms with van der Waals surface area (Å²) < 4.78 is 27.6. The Morgan fingerprint density at radius 2 is 1.97 bits per heavy atom. The second-order valence-corrected chi connectivity index (χ2v) is 11.3. The van der Waals surface area contributed by atoms with Crippen molar-refractivity contribution in [2.45, 2.75) is 70.8 Å². The Hall–Kier alpha value is -2.88. The van der Waals surface area contributed by atoms with Crippen LogP contribution >= 0.6 is 0 Å². The minimum atomic E-state index is -2.11. The number of nitrogens with zero attached hydrogens (tertiary/aromatic N) is 1. The molecule has 4 aliphatic carbocycles. The molecule has 8 atom stereocenters. The number of Topliss-reactive ketones (excluding diaryl/α,β-unsaturated/α-hetero) is 1. The molecule has 200 valence electrons. The molecule has 0 aromatic rings. The average Bonchev–Trinajstić information content (AvgIpc) is 3.33. The number of ketones is 2. The van der Waals surface area contributed by atoms with Crippen LogP contribution in [0.25, 0.3) is 0 Å². The predicted molar refractivity (Wildman–Crippen MR) is 127 cm³/mol. The highest BCUT2D eigenvalue weighted by molar-refractivity contribution is 6.38. The minimum absolute atomic E-state index is 0.0571. The lowest BCUT2D eigenvalue weighted by atomic mass is 9.44. The summed E-state index contributed by atoms with van der Waals surface area (Å²) in [5.41, 5.74) is -5.58. The van der Waals surface area contributed by atoms with Crippen molar-refractivity contribution in [1.82, 2.24) is 0 Å². The van der Waals surface area contributed by atoms with Gasteiger partial charge >= 0.3 is 11.9 Å². The predicted octanol–water partition coefficient (Wildman–Crippen LogP) is 2.40. The van der Waals surface area contributed by atoms with E-state index >= 15 is 4.39 Å². The molecule has 0 bridgehead atoms. The van der Waals surface area contributed by atoms with Crippen molar-refractivity contribution in [3.63, 3.8) is 0 Å². The van der Waals surface area contributed by atoms with Crippen LogP contribution in [-0.4, -0.2) is 64.9 Å². The molecule has 3 fully saturated rings. The van der Waals surface area contributed by atoms with E-state index in [-0.39, 0.29) is 30.9 Å². The maximum absolute atomic E-state index is 17.4. The number of hydrogen-bond acceptors (Lipinski definition) is 9. The number of carbonyl (C=O) groups is 4. The third-order valence-corrected chi connectivity index (χ3v) is 9.78. The molecule has 1 aliphatic heterocycles. The summed E-state index contributed by atoms with van der Waals surface area (Å²) in [6.45, 7) is 5.79. The van der Waals surface area contributed by atoms with E-state index in [1.54, 1.807) is 26.8 Å². The number of rotatable bonds is 5. The molecule has 9 nitrogen and oxygen atoms in total. The molecule has 5 rings (SSSR count). The number of allylic oxidation sites excluding steroid dienone is 4. The van der Waals surface area contributed by atoms with Crippen molar-refractivity contribution in [3.05, 3.63) is 23.8 Å². The molecule has 5 aliphatic rings. The fraction of sp³-hybridized carbons (Fsp3) is 0.667. The molecule has 2 unspecified atom stereocenters. The minimum Gasteiger partial charge on any atom is -0.461 e. The van der Waals surface area contributed by atoms with Gasteiger partial charge in [0.1, 0.15) is 0 Å². The Morgan fingerprint density at radius 1 is 1.24 bits per heavy atom. The largest absolute Gasteiger partial charge is 0.461 e. The molecule has 1 N–H and O–H groups in total. The number of carbonyl (C=O) groups excluding carboxylic acids is 4. The molecule has 37 heavy (non-hydrogen) atoms. The van der Waals surface area contributed by atoms with Crippen LogP contribution in [-0.2, 0) is 33.5 Å². The van der Waals surface area contributed by atoms with E-state index in [0.717, 1.165) is 0 Å². The average molecular weight is 518 g/mol. The van der Waals surface area contributed by atoms with Gasteiger partial charge in [0.05, 0.1) is 18.6 Å². The van der Waals surface area contributed by atoms with Crippen molar-refractivity contribution in [2.24, 2.45) is 33.7 Å². The quantitative estimate of drug-likeness (QED) is 0.551. The first-order chi connectivity index (χ1) is 17.4. The van der Waals surface area contributed by atoms with Crippen LogP contribution in [0.15, 0.2) is 29.0 Å². The van der Waals surface area contributed by atoms with Crippen molar-refractivity contribution >= 4 is 29.2 Å². The summed E-state index contributed by atoms with van der Waals surface area (Å²) >= 11 is 0. The van der Waals surface area contributed by atoms with Crippen LogP contribution in [0.5, 0.6) is 0 Å². The number of alkyl halides is 1. The van der Waals surface area contributed by atoms with Crippen LogP contribution in [0.1, 0.15) is 53.4 Å². The van der Waals surface area contributed by atoms with Crippen LogP contribution < -0.4 is 0 Å². The topological polar surface area (TPSA) is 129 Å². The Balaban J connectivity index is 1.61. The monoisotopic (exact) mass is 517 g/mol. The number of esters is 2. The van der Waals surface area contributed by atoms with Gasteiger partial charge in [-0.2, -0.15) is 0 Å². The van der Waals surface area contributed by atoms with Crippen LogP contribution in [0.3, 0.4) is 0 Å². The normalized spacial score (nSPS) is 43.4. The zero-order valence-electron chi connectivity index (χ0n) is 21.4. The number of halogens is 1. The Labute approximate surface area is 214 Å². The second-order valence-electron chi connectivity index (χ2n) is 11.3.